The Hall–Kier alpha value is -4.00. The highest BCUT2D eigenvalue weighted by Gasteiger charge is 2.06. The van der Waals surface area contributed by atoms with E-state index in [1.54, 1.807) is 73.1 Å². The molecule has 7 nitrogen and oxygen atoms in total. The molecule has 0 N–H and O–H groups in total. The third-order valence-corrected chi connectivity index (χ3v) is 3.86. The van der Waals surface area contributed by atoms with Gasteiger partial charge in [0, 0.05) is 0 Å². The molecule has 0 saturated carbocycles. The predicted octanol–water partition coefficient (Wildman–Crippen LogP) is 4.35. The van der Waals surface area contributed by atoms with E-state index in [1.165, 1.54) is 14.2 Å². The molecule has 0 radical (unpaired) electrons. The number of furan rings is 1. The number of nitrogens with zero attached hydrogens (tertiary/aromatic N) is 2. The zero-order valence-electron chi connectivity index (χ0n) is 15.9. The third-order valence-electron chi connectivity index (χ3n) is 3.86. The highest BCUT2D eigenvalue weighted by molar-refractivity contribution is 5.91. The Bertz CT molecular complexity index is 998. The number of hydrogen-bond acceptors (Lipinski definition) is 7. The lowest BCUT2D eigenvalue weighted by Crippen LogP contribution is -1.99. The lowest BCUT2D eigenvalue weighted by molar-refractivity contribution is 0.0592. The number of hydrogen-bond donors (Lipinski definition) is 0. The molecule has 146 valence electrons. The van der Waals surface area contributed by atoms with Gasteiger partial charge in [-0.05, 0) is 48.5 Å². The molecule has 0 spiro atoms. The summed E-state index contributed by atoms with van der Waals surface area (Å²) in [4.78, 5) is 31.8. The van der Waals surface area contributed by atoms with Gasteiger partial charge in [-0.3, -0.25) is 9.98 Å². The van der Waals surface area contributed by atoms with Gasteiger partial charge in [-0.25, -0.2) is 9.59 Å². The van der Waals surface area contributed by atoms with Gasteiger partial charge in [-0.2, -0.15) is 0 Å². The molecule has 29 heavy (non-hydrogen) atoms. The molecule has 0 saturated heterocycles. The summed E-state index contributed by atoms with van der Waals surface area (Å²) >= 11 is 0. The predicted molar refractivity (Wildman–Crippen MR) is 109 cm³/mol. The van der Waals surface area contributed by atoms with Crippen LogP contribution in [0.3, 0.4) is 0 Å². The van der Waals surface area contributed by atoms with Gasteiger partial charge in [0.15, 0.2) is 0 Å². The zero-order valence-corrected chi connectivity index (χ0v) is 15.9. The lowest BCUT2D eigenvalue weighted by atomic mass is 10.2. The van der Waals surface area contributed by atoms with Gasteiger partial charge < -0.3 is 13.9 Å². The lowest BCUT2D eigenvalue weighted by Gasteiger charge is -1.99. The Balaban J connectivity index is 1.70. The summed E-state index contributed by atoms with van der Waals surface area (Å²) in [6, 6.07) is 17.0. The maximum atomic E-state index is 11.6. The fourth-order valence-corrected chi connectivity index (χ4v) is 2.45. The summed E-state index contributed by atoms with van der Waals surface area (Å²) in [5.74, 6) is 0.209. The van der Waals surface area contributed by atoms with E-state index in [0.717, 1.165) is 0 Å². The van der Waals surface area contributed by atoms with Gasteiger partial charge >= 0.3 is 11.9 Å². The Labute approximate surface area is 167 Å². The second kappa shape index (κ2) is 9.27. The monoisotopic (exact) mass is 390 g/mol. The van der Waals surface area contributed by atoms with E-state index in [1.807, 2.05) is 0 Å². The van der Waals surface area contributed by atoms with Gasteiger partial charge in [-0.15, -0.1) is 0 Å². The fourth-order valence-electron chi connectivity index (χ4n) is 2.45. The molecule has 0 aliphatic rings. The first-order valence-electron chi connectivity index (χ1n) is 8.64. The molecule has 1 aromatic heterocycles. The van der Waals surface area contributed by atoms with Crippen molar-refractivity contribution in [1.29, 1.82) is 0 Å². The van der Waals surface area contributed by atoms with E-state index in [-0.39, 0.29) is 0 Å². The van der Waals surface area contributed by atoms with Crippen LogP contribution >= 0.6 is 0 Å². The minimum Gasteiger partial charge on any atom is -0.465 e. The normalized spacial score (nSPS) is 11.1. The smallest absolute Gasteiger partial charge is 0.337 e. The first-order valence-corrected chi connectivity index (χ1v) is 8.64. The molecule has 0 aliphatic heterocycles. The maximum Gasteiger partial charge on any atom is 0.337 e. The van der Waals surface area contributed by atoms with Crippen LogP contribution in [-0.2, 0) is 9.47 Å². The maximum absolute atomic E-state index is 11.6. The summed E-state index contributed by atoms with van der Waals surface area (Å²) in [7, 11) is 2.66. The van der Waals surface area contributed by atoms with Crippen LogP contribution in [0.5, 0.6) is 0 Å². The molecule has 2 aromatic carbocycles. The molecule has 7 heteroatoms. The number of aliphatic imine (C=N–C) groups is 2. The van der Waals surface area contributed by atoms with Gasteiger partial charge in [0.2, 0.25) is 0 Å². The van der Waals surface area contributed by atoms with E-state index in [0.29, 0.717) is 34.0 Å². The van der Waals surface area contributed by atoms with E-state index in [2.05, 4.69) is 9.98 Å². The van der Waals surface area contributed by atoms with Crippen molar-refractivity contribution in [2.24, 2.45) is 9.98 Å². The number of methoxy groups -OCH3 is 2. The van der Waals surface area contributed by atoms with E-state index in [4.69, 9.17) is 13.9 Å². The van der Waals surface area contributed by atoms with E-state index in [9.17, 15) is 9.59 Å². The quantitative estimate of drug-likeness (QED) is 0.461. The van der Waals surface area contributed by atoms with Gasteiger partial charge in [0.05, 0.1) is 49.2 Å². The number of carbonyl (C=O) groups excluding carboxylic acids is 2. The second-order valence-electron chi connectivity index (χ2n) is 5.84. The van der Waals surface area contributed by atoms with Crippen LogP contribution in [0.4, 0.5) is 11.4 Å². The number of rotatable bonds is 6. The number of esters is 2. The molecular weight excluding hydrogens is 372 g/mol. The minimum absolute atomic E-state index is 0.420. The summed E-state index contributed by atoms with van der Waals surface area (Å²) in [5, 5.41) is 0. The summed E-state index contributed by atoms with van der Waals surface area (Å²) in [5.41, 5.74) is 2.03. The highest BCUT2D eigenvalue weighted by atomic mass is 16.5. The van der Waals surface area contributed by atoms with Crippen LogP contribution < -0.4 is 0 Å². The minimum atomic E-state index is -0.421. The zero-order chi connectivity index (χ0) is 20.6. The molecular formula is C22H18N2O5. The molecule has 0 bridgehead atoms. The highest BCUT2D eigenvalue weighted by Crippen LogP contribution is 2.17. The molecule has 0 aliphatic carbocycles. The van der Waals surface area contributed by atoms with Crippen LogP contribution in [0.1, 0.15) is 32.2 Å². The van der Waals surface area contributed by atoms with Crippen LogP contribution in [0, 0.1) is 0 Å². The van der Waals surface area contributed by atoms with Crippen LogP contribution in [0.25, 0.3) is 0 Å². The largest absolute Gasteiger partial charge is 0.465 e. The van der Waals surface area contributed by atoms with Gasteiger partial charge in [0.1, 0.15) is 11.5 Å². The summed E-state index contributed by atoms with van der Waals surface area (Å²) < 4.78 is 15.0. The molecule has 0 amide bonds. The molecule has 1 heterocycles. The number of benzene rings is 2. The number of ether oxygens (including phenoxy) is 2. The number of carbonyl (C=O) groups is 2. The molecule has 3 rings (SSSR count). The first-order chi connectivity index (χ1) is 14.1. The Morgan fingerprint density at radius 3 is 1.62 bits per heavy atom. The summed E-state index contributed by atoms with van der Waals surface area (Å²) in [6.07, 6.45) is 3.09. The van der Waals surface area contributed by atoms with Crippen molar-refractivity contribution >= 4 is 35.7 Å². The Kier molecular flexibility index (Phi) is 6.32. The van der Waals surface area contributed by atoms with Crippen LogP contribution in [0.15, 0.2) is 75.1 Å². The standard InChI is InChI=1S/C22H18N2O5/c1-27-21(25)15-5-3-7-17(11-15)23-13-19-9-10-20(29-19)14-24-18-8-4-6-16(12-18)22(26)28-2/h3-14H,1-2H3. The van der Waals surface area contributed by atoms with E-state index >= 15 is 0 Å². The topological polar surface area (TPSA) is 90.5 Å². The molecule has 3 aromatic rings. The van der Waals surface area contributed by atoms with Crippen molar-refractivity contribution < 1.29 is 23.5 Å². The molecule has 0 atom stereocenters. The third kappa shape index (κ3) is 5.26. The molecule has 0 unspecified atom stereocenters. The van der Waals surface area contributed by atoms with Crippen molar-refractivity contribution in [3.63, 3.8) is 0 Å². The van der Waals surface area contributed by atoms with Crippen molar-refractivity contribution in [3.8, 4) is 0 Å². The van der Waals surface area contributed by atoms with Gasteiger partial charge in [0.25, 0.3) is 0 Å². The van der Waals surface area contributed by atoms with Crippen molar-refractivity contribution in [2.75, 3.05) is 14.2 Å². The van der Waals surface area contributed by atoms with Crippen molar-refractivity contribution in [2.45, 2.75) is 0 Å². The Morgan fingerprint density at radius 2 is 1.21 bits per heavy atom. The fraction of sp³-hybridized carbons (Fsp3) is 0.0909. The average Bonchev–Trinajstić information content (AvgIpc) is 3.23. The van der Waals surface area contributed by atoms with E-state index < -0.39 is 11.9 Å². The second-order valence-corrected chi connectivity index (χ2v) is 5.84. The van der Waals surface area contributed by atoms with Gasteiger partial charge in [-0.1, -0.05) is 12.1 Å². The van der Waals surface area contributed by atoms with Crippen LogP contribution in [0.2, 0.25) is 0 Å². The van der Waals surface area contributed by atoms with Crippen LogP contribution in [-0.4, -0.2) is 38.6 Å². The average molecular weight is 390 g/mol. The van der Waals surface area contributed by atoms with Crippen molar-refractivity contribution in [1.82, 2.24) is 0 Å². The first kappa shape index (κ1) is 19.8. The Morgan fingerprint density at radius 1 is 0.759 bits per heavy atom. The SMILES string of the molecule is COC(=O)c1cccc(N=Cc2ccc(C=Nc3cccc(C(=O)OC)c3)o2)c1. The summed E-state index contributed by atoms with van der Waals surface area (Å²) in [6.45, 7) is 0. The van der Waals surface area contributed by atoms with Crippen molar-refractivity contribution in [3.05, 3.63) is 83.3 Å². The molecule has 0 fully saturated rings.